The van der Waals surface area contributed by atoms with Crippen molar-refractivity contribution in [1.82, 2.24) is 15.5 Å². The first kappa shape index (κ1) is 27.0. The normalized spacial score (nSPS) is 13.8. The zero-order chi connectivity index (χ0) is 22.8. The molecule has 2 aromatic rings. The highest BCUT2D eigenvalue weighted by Gasteiger charge is 2.17. The molecule has 6 nitrogen and oxygen atoms in total. The lowest BCUT2D eigenvalue weighted by atomic mass is 10.1. The van der Waals surface area contributed by atoms with E-state index in [0.717, 1.165) is 68.3 Å². The van der Waals surface area contributed by atoms with Crippen LogP contribution in [0.25, 0.3) is 0 Å². The van der Waals surface area contributed by atoms with E-state index < -0.39 is 0 Å². The van der Waals surface area contributed by atoms with Gasteiger partial charge in [-0.15, -0.1) is 24.0 Å². The number of guanidine groups is 1. The van der Waals surface area contributed by atoms with Gasteiger partial charge in [-0.2, -0.15) is 0 Å². The van der Waals surface area contributed by atoms with E-state index in [1.807, 2.05) is 35.2 Å². The van der Waals surface area contributed by atoms with Gasteiger partial charge in [0.2, 0.25) is 0 Å². The van der Waals surface area contributed by atoms with Gasteiger partial charge in [-0.3, -0.25) is 4.79 Å². The van der Waals surface area contributed by atoms with Crippen molar-refractivity contribution in [3.8, 4) is 5.75 Å². The predicted molar refractivity (Wildman–Crippen MR) is 146 cm³/mol. The van der Waals surface area contributed by atoms with Crippen LogP contribution in [0.4, 0.5) is 0 Å². The summed E-state index contributed by atoms with van der Waals surface area (Å²) in [6.45, 7) is 8.00. The van der Waals surface area contributed by atoms with Crippen LogP contribution in [-0.2, 0) is 13.0 Å². The maximum Gasteiger partial charge on any atom is 0.253 e. The Morgan fingerprint density at radius 2 is 1.79 bits per heavy atom. The number of rotatable bonds is 8. The zero-order valence-electron chi connectivity index (χ0n) is 20.0. The van der Waals surface area contributed by atoms with Gasteiger partial charge in [0, 0.05) is 31.7 Å². The van der Waals surface area contributed by atoms with Gasteiger partial charge in [-0.1, -0.05) is 29.8 Å². The Labute approximate surface area is 215 Å². The monoisotopic (exact) mass is 564 g/mol. The Balaban J connectivity index is 0.00000385. The molecule has 2 N–H and O–H groups in total. The van der Waals surface area contributed by atoms with Crippen LogP contribution in [0.3, 0.4) is 0 Å². The van der Waals surface area contributed by atoms with E-state index in [4.69, 9.17) is 9.73 Å². The number of likely N-dealkylation sites (tertiary alicyclic amines) is 1. The Morgan fingerprint density at radius 3 is 2.45 bits per heavy atom. The summed E-state index contributed by atoms with van der Waals surface area (Å²) >= 11 is 0. The number of carbonyl (C=O) groups is 1. The standard InChI is InChI=1S/C26H36N4O2.HI/c1-4-27-26(28-15-14-23-18-20(2)8-13-24(23)32-3)29-19-21-9-11-22(12-10-21)25(31)30-16-6-5-7-17-30;/h8-13,18H,4-7,14-17,19H2,1-3H3,(H2,27,28,29);1H. The number of amides is 1. The van der Waals surface area contributed by atoms with E-state index >= 15 is 0 Å². The summed E-state index contributed by atoms with van der Waals surface area (Å²) < 4.78 is 5.48. The minimum Gasteiger partial charge on any atom is -0.496 e. The number of benzene rings is 2. The maximum atomic E-state index is 12.6. The first-order valence-electron chi connectivity index (χ1n) is 11.6. The second-order valence-electron chi connectivity index (χ2n) is 8.24. The first-order valence-corrected chi connectivity index (χ1v) is 11.6. The molecular weight excluding hydrogens is 527 g/mol. The number of hydrogen-bond acceptors (Lipinski definition) is 3. The van der Waals surface area contributed by atoms with E-state index in [1.54, 1.807) is 7.11 Å². The summed E-state index contributed by atoms with van der Waals surface area (Å²) in [7, 11) is 1.71. The Bertz CT molecular complexity index is 909. The number of aliphatic imine (C=N–C) groups is 1. The number of nitrogens with one attached hydrogen (secondary N) is 2. The van der Waals surface area contributed by atoms with Gasteiger partial charge in [-0.05, 0) is 68.9 Å². The molecule has 7 heteroatoms. The number of nitrogens with zero attached hydrogens (tertiary/aromatic N) is 2. The molecule has 1 saturated heterocycles. The van der Waals surface area contributed by atoms with Crippen molar-refractivity contribution in [2.75, 3.05) is 33.3 Å². The van der Waals surface area contributed by atoms with E-state index in [1.165, 1.54) is 17.5 Å². The molecule has 0 atom stereocenters. The molecule has 1 heterocycles. The number of aryl methyl sites for hydroxylation is 1. The largest absolute Gasteiger partial charge is 0.496 e. The van der Waals surface area contributed by atoms with Gasteiger partial charge < -0.3 is 20.3 Å². The summed E-state index contributed by atoms with van der Waals surface area (Å²) in [4.78, 5) is 19.3. The van der Waals surface area contributed by atoms with Crippen molar-refractivity contribution >= 4 is 35.8 Å². The van der Waals surface area contributed by atoms with Gasteiger partial charge in [0.05, 0.1) is 13.7 Å². The SMILES string of the molecule is CCNC(=NCc1ccc(C(=O)N2CCCCC2)cc1)NCCc1cc(C)ccc1OC.I. The van der Waals surface area contributed by atoms with Crippen LogP contribution < -0.4 is 15.4 Å². The predicted octanol–water partition coefficient (Wildman–Crippen LogP) is 4.55. The summed E-state index contributed by atoms with van der Waals surface area (Å²) in [6, 6.07) is 14.1. The van der Waals surface area contributed by atoms with E-state index in [9.17, 15) is 4.79 Å². The summed E-state index contributed by atoms with van der Waals surface area (Å²) in [5.74, 6) is 1.84. The molecule has 0 spiro atoms. The number of ether oxygens (including phenoxy) is 1. The first-order chi connectivity index (χ1) is 15.6. The molecule has 33 heavy (non-hydrogen) atoms. The molecule has 1 aliphatic heterocycles. The van der Waals surface area contributed by atoms with E-state index in [0.29, 0.717) is 6.54 Å². The molecule has 1 amide bonds. The van der Waals surface area contributed by atoms with Crippen LogP contribution in [0.2, 0.25) is 0 Å². The third-order valence-corrected chi connectivity index (χ3v) is 5.73. The average molecular weight is 565 g/mol. The van der Waals surface area contributed by atoms with Crippen molar-refractivity contribution in [3.63, 3.8) is 0 Å². The zero-order valence-corrected chi connectivity index (χ0v) is 22.4. The van der Waals surface area contributed by atoms with E-state index in [-0.39, 0.29) is 29.9 Å². The van der Waals surface area contributed by atoms with Crippen molar-refractivity contribution in [2.24, 2.45) is 4.99 Å². The number of hydrogen-bond donors (Lipinski definition) is 2. The third-order valence-electron chi connectivity index (χ3n) is 5.73. The van der Waals surface area contributed by atoms with Crippen molar-refractivity contribution < 1.29 is 9.53 Å². The van der Waals surface area contributed by atoms with Crippen LogP contribution in [0.5, 0.6) is 5.75 Å². The Morgan fingerprint density at radius 1 is 1.06 bits per heavy atom. The van der Waals surface area contributed by atoms with Crippen LogP contribution in [0.15, 0.2) is 47.5 Å². The molecule has 2 aromatic carbocycles. The minimum atomic E-state index is 0. The molecule has 0 saturated carbocycles. The summed E-state index contributed by atoms with van der Waals surface area (Å²) in [6.07, 6.45) is 4.29. The number of halogens is 1. The molecule has 0 bridgehead atoms. The molecule has 3 rings (SSSR count). The molecule has 1 fully saturated rings. The molecule has 0 aliphatic carbocycles. The smallest absolute Gasteiger partial charge is 0.253 e. The van der Waals surface area contributed by atoms with Crippen LogP contribution in [-0.4, -0.2) is 50.1 Å². The second-order valence-corrected chi connectivity index (χ2v) is 8.24. The second kappa shape index (κ2) is 14.1. The molecule has 1 aliphatic rings. The highest BCUT2D eigenvalue weighted by Crippen LogP contribution is 2.19. The lowest BCUT2D eigenvalue weighted by molar-refractivity contribution is 0.0724. The lowest BCUT2D eigenvalue weighted by Gasteiger charge is -2.26. The summed E-state index contributed by atoms with van der Waals surface area (Å²) in [5.41, 5.74) is 4.25. The highest BCUT2D eigenvalue weighted by molar-refractivity contribution is 14.0. The van der Waals surface area contributed by atoms with Gasteiger partial charge in [-0.25, -0.2) is 4.99 Å². The Hall–Kier alpha value is -2.29. The molecular formula is C26H37IN4O2. The van der Waals surface area contributed by atoms with Gasteiger partial charge in [0.15, 0.2) is 5.96 Å². The maximum absolute atomic E-state index is 12.6. The topological polar surface area (TPSA) is 66.0 Å². The van der Waals surface area contributed by atoms with E-state index in [2.05, 4.69) is 36.6 Å². The number of methoxy groups -OCH3 is 1. The molecule has 0 aromatic heterocycles. The van der Waals surface area contributed by atoms with Gasteiger partial charge in [0.25, 0.3) is 5.91 Å². The van der Waals surface area contributed by atoms with Crippen molar-refractivity contribution in [3.05, 3.63) is 64.7 Å². The quantitative estimate of drug-likeness (QED) is 0.281. The fourth-order valence-corrected chi connectivity index (χ4v) is 3.96. The third kappa shape index (κ3) is 8.21. The van der Waals surface area contributed by atoms with Gasteiger partial charge >= 0.3 is 0 Å². The fourth-order valence-electron chi connectivity index (χ4n) is 3.96. The number of piperidine rings is 1. The number of carbonyl (C=O) groups excluding carboxylic acids is 1. The average Bonchev–Trinajstić information content (AvgIpc) is 2.83. The van der Waals surface area contributed by atoms with Crippen molar-refractivity contribution in [2.45, 2.75) is 46.1 Å². The highest BCUT2D eigenvalue weighted by atomic mass is 127. The lowest BCUT2D eigenvalue weighted by Crippen LogP contribution is -2.38. The summed E-state index contributed by atoms with van der Waals surface area (Å²) in [5, 5.41) is 6.70. The van der Waals surface area contributed by atoms with Crippen LogP contribution >= 0.6 is 24.0 Å². The molecule has 0 radical (unpaired) electrons. The van der Waals surface area contributed by atoms with Crippen molar-refractivity contribution in [1.29, 1.82) is 0 Å². The molecule has 0 unspecified atom stereocenters. The Kier molecular flexibility index (Phi) is 11.5. The fraction of sp³-hybridized carbons (Fsp3) is 0.462. The molecule has 180 valence electrons. The van der Waals surface area contributed by atoms with Gasteiger partial charge in [0.1, 0.15) is 5.75 Å². The van der Waals surface area contributed by atoms with Crippen LogP contribution in [0.1, 0.15) is 53.2 Å². The minimum absolute atomic E-state index is 0. The van der Waals surface area contributed by atoms with Crippen LogP contribution in [0, 0.1) is 6.92 Å².